The van der Waals surface area contributed by atoms with Gasteiger partial charge in [-0.2, -0.15) is 0 Å². The lowest BCUT2D eigenvalue weighted by Gasteiger charge is -2.29. The number of carbonyl (C=O) groups is 2. The average molecular weight is 417 g/mol. The largest absolute Gasteiger partial charge is 0.497 e. The van der Waals surface area contributed by atoms with Crippen LogP contribution < -0.4 is 15.4 Å². The second-order valence-electron chi connectivity index (χ2n) is 7.14. The van der Waals surface area contributed by atoms with Crippen molar-refractivity contribution in [3.8, 4) is 5.75 Å². The van der Waals surface area contributed by atoms with Crippen molar-refractivity contribution < 1.29 is 18.7 Å². The number of carbonyl (C=O) groups excluding carboxylic acids is 2. The van der Waals surface area contributed by atoms with Gasteiger partial charge in [-0.25, -0.2) is 4.39 Å². The first kappa shape index (κ1) is 21.2. The molecule has 7 heteroatoms. The Balaban J connectivity index is 1.51. The highest BCUT2D eigenvalue weighted by Gasteiger charge is 2.33. The molecule has 2 N–H and O–H groups in total. The van der Waals surface area contributed by atoms with Gasteiger partial charge in [0, 0.05) is 11.8 Å². The van der Waals surface area contributed by atoms with Crippen LogP contribution in [0.3, 0.4) is 0 Å². The molecule has 29 heavy (non-hydrogen) atoms. The third-order valence-corrected chi connectivity index (χ3v) is 6.13. The molecule has 1 aliphatic heterocycles. The fraction of sp³-hybridized carbons (Fsp3) is 0.364. The van der Waals surface area contributed by atoms with Crippen LogP contribution in [0.5, 0.6) is 5.75 Å². The van der Waals surface area contributed by atoms with Crippen LogP contribution in [-0.2, 0) is 22.4 Å². The summed E-state index contributed by atoms with van der Waals surface area (Å²) < 4.78 is 19.1. The standard InChI is InChI=1S/C22H25FN2O3S/c1-14(10-15-6-5-8-17(11-15)28-2)24-21(26)19-13-29-20(22(27)25-19)12-16-7-3-4-9-18(16)23/h3-9,11,14,19-20H,10,12-13H2,1-2H3,(H,24,26)(H,25,27). The Bertz CT molecular complexity index is 877. The number of hydrogen-bond donors (Lipinski definition) is 2. The van der Waals surface area contributed by atoms with Gasteiger partial charge in [0.05, 0.1) is 12.4 Å². The second kappa shape index (κ2) is 9.78. The molecular formula is C22H25FN2O3S. The van der Waals surface area contributed by atoms with Crippen LogP contribution >= 0.6 is 11.8 Å². The SMILES string of the molecule is COc1cccc(CC(C)NC(=O)C2CSC(Cc3ccccc3F)C(=O)N2)c1. The van der Waals surface area contributed by atoms with Crippen LogP contribution in [0.15, 0.2) is 48.5 Å². The molecule has 2 amide bonds. The molecule has 0 bridgehead atoms. The van der Waals surface area contributed by atoms with Gasteiger partial charge >= 0.3 is 0 Å². The quantitative estimate of drug-likeness (QED) is 0.728. The van der Waals surface area contributed by atoms with Crippen molar-refractivity contribution in [2.24, 2.45) is 0 Å². The highest BCUT2D eigenvalue weighted by Crippen LogP contribution is 2.23. The fourth-order valence-electron chi connectivity index (χ4n) is 3.30. The van der Waals surface area contributed by atoms with E-state index in [1.54, 1.807) is 25.3 Å². The van der Waals surface area contributed by atoms with Gasteiger partial charge in [0.2, 0.25) is 11.8 Å². The fourth-order valence-corrected chi connectivity index (χ4v) is 4.47. The summed E-state index contributed by atoms with van der Waals surface area (Å²) in [5, 5.41) is 5.34. The van der Waals surface area contributed by atoms with E-state index in [-0.39, 0.29) is 23.7 Å². The number of nitrogens with one attached hydrogen (secondary N) is 2. The van der Waals surface area contributed by atoms with Gasteiger partial charge in [-0.1, -0.05) is 30.3 Å². The molecule has 1 saturated heterocycles. The van der Waals surface area contributed by atoms with Crippen LogP contribution in [0.4, 0.5) is 4.39 Å². The Morgan fingerprint density at radius 3 is 2.83 bits per heavy atom. The smallest absolute Gasteiger partial charge is 0.243 e. The maximum absolute atomic E-state index is 13.8. The first-order chi connectivity index (χ1) is 14.0. The van der Waals surface area contributed by atoms with Crippen molar-refractivity contribution in [3.63, 3.8) is 0 Å². The molecule has 2 aromatic rings. The minimum Gasteiger partial charge on any atom is -0.497 e. The minimum atomic E-state index is -0.586. The predicted octanol–water partition coefficient (Wildman–Crippen LogP) is 2.72. The molecule has 0 saturated carbocycles. The normalized spacial score (nSPS) is 19.9. The molecule has 1 fully saturated rings. The second-order valence-corrected chi connectivity index (χ2v) is 8.38. The van der Waals surface area contributed by atoms with Crippen LogP contribution in [0.1, 0.15) is 18.1 Å². The lowest BCUT2D eigenvalue weighted by molar-refractivity contribution is -0.129. The van der Waals surface area contributed by atoms with Crippen LogP contribution in [0.2, 0.25) is 0 Å². The van der Waals surface area contributed by atoms with Gasteiger partial charge in [0.25, 0.3) is 0 Å². The number of hydrogen-bond acceptors (Lipinski definition) is 4. The Hall–Kier alpha value is -2.54. The molecule has 3 atom stereocenters. The van der Waals surface area contributed by atoms with Crippen molar-refractivity contribution in [2.45, 2.75) is 37.1 Å². The summed E-state index contributed by atoms with van der Waals surface area (Å²) in [7, 11) is 1.62. The van der Waals surface area contributed by atoms with Gasteiger partial charge in [-0.15, -0.1) is 11.8 Å². The molecule has 5 nitrogen and oxygen atoms in total. The first-order valence-electron chi connectivity index (χ1n) is 9.55. The van der Waals surface area contributed by atoms with Gasteiger partial charge in [-0.05, 0) is 49.1 Å². The van der Waals surface area contributed by atoms with E-state index in [1.165, 1.54) is 17.8 Å². The third-order valence-electron chi connectivity index (χ3n) is 4.82. The number of halogens is 1. The number of benzene rings is 2. The van der Waals surface area contributed by atoms with E-state index in [0.717, 1.165) is 11.3 Å². The van der Waals surface area contributed by atoms with E-state index in [9.17, 15) is 14.0 Å². The average Bonchev–Trinajstić information content (AvgIpc) is 2.71. The Morgan fingerprint density at radius 1 is 1.31 bits per heavy atom. The maximum Gasteiger partial charge on any atom is 0.243 e. The van der Waals surface area contributed by atoms with Crippen molar-refractivity contribution in [1.82, 2.24) is 10.6 Å². The predicted molar refractivity (Wildman–Crippen MR) is 113 cm³/mol. The zero-order valence-electron chi connectivity index (χ0n) is 16.5. The lowest BCUT2D eigenvalue weighted by atomic mass is 10.1. The molecule has 3 rings (SSSR count). The summed E-state index contributed by atoms with van der Waals surface area (Å²) in [4.78, 5) is 25.0. The monoisotopic (exact) mass is 416 g/mol. The molecule has 0 aliphatic carbocycles. The van der Waals surface area contributed by atoms with E-state index in [1.807, 2.05) is 31.2 Å². The lowest BCUT2D eigenvalue weighted by Crippen LogP contribution is -2.55. The van der Waals surface area contributed by atoms with E-state index >= 15 is 0 Å². The van der Waals surface area contributed by atoms with Crippen molar-refractivity contribution >= 4 is 23.6 Å². The van der Waals surface area contributed by atoms with Gasteiger partial charge in [0.15, 0.2) is 0 Å². The van der Waals surface area contributed by atoms with Crippen LogP contribution in [0.25, 0.3) is 0 Å². The van der Waals surface area contributed by atoms with Gasteiger partial charge in [0.1, 0.15) is 17.6 Å². The van der Waals surface area contributed by atoms with E-state index in [0.29, 0.717) is 24.2 Å². The first-order valence-corrected chi connectivity index (χ1v) is 10.6. The summed E-state index contributed by atoms with van der Waals surface area (Å²) in [6.07, 6.45) is 0.969. The Labute approximate surface area is 174 Å². The van der Waals surface area contributed by atoms with Gasteiger partial charge < -0.3 is 15.4 Å². The number of thioether (sulfide) groups is 1. The third kappa shape index (κ3) is 5.73. The van der Waals surface area contributed by atoms with Crippen LogP contribution in [0, 0.1) is 5.82 Å². The summed E-state index contributed by atoms with van der Waals surface area (Å²) in [6.45, 7) is 1.93. The van der Waals surface area contributed by atoms with E-state index < -0.39 is 11.3 Å². The molecule has 0 radical (unpaired) electrons. The van der Waals surface area contributed by atoms with Crippen molar-refractivity contribution in [2.75, 3.05) is 12.9 Å². The number of ether oxygens (including phenoxy) is 1. The number of rotatable bonds is 7. The number of amides is 2. The van der Waals surface area contributed by atoms with E-state index in [2.05, 4.69) is 10.6 Å². The summed E-state index contributed by atoms with van der Waals surface area (Å²) in [6, 6.07) is 13.5. The Morgan fingerprint density at radius 2 is 2.10 bits per heavy atom. The molecule has 1 aliphatic rings. The summed E-state index contributed by atoms with van der Waals surface area (Å²) in [5.74, 6) is 0.489. The van der Waals surface area contributed by atoms with E-state index in [4.69, 9.17) is 4.74 Å². The molecule has 0 spiro atoms. The Kier molecular flexibility index (Phi) is 7.14. The van der Waals surface area contributed by atoms with Crippen LogP contribution in [-0.4, -0.2) is 42.0 Å². The molecule has 0 aromatic heterocycles. The highest BCUT2D eigenvalue weighted by atomic mass is 32.2. The van der Waals surface area contributed by atoms with Crippen molar-refractivity contribution in [1.29, 1.82) is 0 Å². The zero-order chi connectivity index (χ0) is 20.8. The summed E-state index contributed by atoms with van der Waals surface area (Å²) >= 11 is 1.39. The molecule has 1 heterocycles. The maximum atomic E-state index is 13.8. The molecule has 154 valence electrons. The zero-order valence-corrected chi connectivity index (χ0v) is 17.3. The topological polar surface area (TPSA) is 67.4 Å². The summed E-state index contributed by atoms with van der Waals surface area (Å²) in [5.41, 5.74) is 1.57. The van der Waals surface area contributed by atoms with Gasteiger partial charge in [-0.3, -0.25) is 9.59 Å². The highest BCUT2D eigenvalue weighted by molar-refractivity contribution is 8.00. The number of methoxy groups -OCH3 is 1. The molecular weight excluding hydrogens is 391 g/mol. The molecule has 2 aromatic carbocycles. The minimum absolute atomic E-state index is 0.0901. The molecule has 3 unspecified atom stereocenters. The van der Waals surface area contributed by atoms with Crippen molar-refractivity contribution in [3.05, 3.63) is 65.5 Å².